The number of aromatic amines is 1. The summed E-state index contributed by atoms with van der Waals surface area (Å²) in [7, 11) is 1.64. The Morgan fingerprint density at radius 1 is 1.09 bits per heavy atom. The van der Waals surface area contributed by atoms with Crippen molar-refractivity contribution in [3.63, 3.8) is 0 Å². The van der Waals surface area contributed by atoms with Gasteiger partial charge in [-0.25, -0.2) is 15.0 Å². The van der Waals surface area contributed by atoms with Crippen molar-refractivity contribution in [2.24, 2.45) is 5.73 Å². The van der Waals surface area contributed by atoms with Crippen LogP contribution in [0.1, 0.15) is 42.6 Å². The number of unbranched alkanes of at least 4 members (excludes halogenated alkanes) is 1. The number of benzene rings is 2. The number of imidazole rings is 1. The molecule has 4 aromatic rings. The van der Waals surface area contributed by atoms with Crippen LogP contribution in [0.2, 0.25) is 0 Å². The molecule has 0 atom stereocenters. The summed E-state index contributed by atoms with van der Waals surface area (Å²) in [6, 6.07) is 12.6. The Hall–Kier alpha value is -3.94. The third kappa shape index (κ3) is 5.21. The number of hydrogen-bond acceptors (Lipinski definition) is 6. The molecule has 4 N–H and O–H groups in total. The van der Waals surface area contributed by atoms with Crippen LogP contribution in [0, 0.1) is 6.92 Å². The average molecular weight is 433 g/mol. The number of H-pyrrole nitrogens is 1. The van der Waals surface area contributed by atoms with Gasteiger partial charge in [0.05, 0.1) is 13.4 Å². The van der Waals surface area contributed by atoms with Gasteiger partial charge in [0.1, 0.15) is 11.3 Å². The number of amides is 1. The summed E-state index contributed by atoms with van der Waals surface area (Å²) < 4.78 is 5.31. The summed E-state index contributed by atoms with van der Waals surface area (Å²) >= 11 is 0. The third-order valence-corrected chi connectivity index (χ3v) is 4.87. The molecular formula is C24H28N6O2. The van der Waals surface area contributed by atoms with Crippen molar-refractivity contribution in [3.05, 3.63) is 59.9 Å². The van der Waals surface area contributed by atoms with Crippen molar-refractivity contribution in [3.8, 4) is 17.1 Å². The highest BCUT2D eigenvalue weighted by Gasteiger charge is 2.13. The Morgan fingerprint density at radius 3 is 2.41 bits per heavy atom. The summed E-state index contributed by atoms with van der Waals surface area (Å²) in [5.41, 5.74) is 9.59. The molecule has 0 saturated carbocycles. The van der Waals surface area contributed by atoms with Gasteiger partial charge in [-0.05, 0) is 42.8 Å². The molecule has 2 heterocycles. The number of rotatable bonds is 6. The number of aromatic nitrogens is 4. The van der Waals surface area contributed by atoms with Crippen LogP contribution in [0.4, 0.5) is 11.5 Å². The number of anilines is 2. The highest BCUT2D eigenvalue weighted by Crippen LogP contribution is 2.28. The standard InChI is InChI=1S/C20H18N6O2.C4H10/c1-11-9-14(7-8-15(11)28-2)24-20-16-19(23-10-22-16)25-18(26-20)13-5-3-12(4-6-13)17(21)27;1-3-4-2/h3-10H,1-2H3,(H2,21,27)(H2,22,23,24,25,26);3-4H2,1-2H3. The van der Waals surface area contributed by atoms with Crippen LogP contribution in [-0.4, -0.2) is 33.0 Å². The lowest BCUT2D eigenvalue weighted by Gasteiger charge is -2.11. The molecule has 1 amide bonds. The second kappa shape index (κ2) is 10.4. The zero-order valence-electron chi connectivity index (χ0n) is 18.8. The lowest BCUT2D eigenvalue weighted by Crippen LogP contribution is -2.10. The molecule has 4 rings (SSSR count). The first-order valence-electron chi connectivity index (χ1n) is 10.5. The Morgan fingerprint density at radius 2 is 1.81 bits per heavy atom. The minimum absolute atomic E-state index is 0.427. The summed E-state index contributed by atoms with van der Waals surface area (Å²) in [6.07, 6.45) is 4.21. The predicted octanol–water partition coefficient (Wildman–Crippen LogP) is 4.99. The maximum absolute atomic E-state index is 11.3. The molecule has 166 valence electrons. The zero-order valence-corrected chi connectivity index (χ0v) is 18.8. The predicted molar refractivity (Wildman–Crippen MR) is 127 cm³/mol. The largest absolute Gasteiger partial charge is 0.496 e. The maximum atomic E-state index is 11.3. The quantitative estimate of drug-likeness (QED) is 0.395. The number of methoxy groups -OCH3 is 1. The van der Waals surface area contributed by atoms with Gasteiger partial charge < -0.3 is 20.8 Å². The molecule has 0 unspecified atom stereocenters. The first-order valence-corrected chi connectivity index (χ1v) is 10.5. The average Bonchev–Trinajstić information content (AvgIpc) is 3.28. The Bertz CT molecular complexity index is 1200. The van der Waals surface area contributed by atoms with E-state index in [1.54, 1.807) is 37.7 Å². The van der Waals surface area contributed by atoms with Gasteiger partial charge in [0.2, 0.25) is 5.91 Å². The van der Waals surface area contributed by atoms with Gasteiger partial charge in [0.15, 0.2) is 17.3 Å². The first kappa shape index (κ1) is 22.7. The fourth-order valence-electron chi connectivity index (χ4n) is 2.93. The van der Waals surface area contributed by atoms with Crippen molar-refractivity contribution >= 4 is 28.6 Å². The van der Waals surface area contributed by atoms with Gasteiger partial charge in [-0.3, -0.25) is 4.79 Å². The molecule has 0 spiro atoms. The second-order valence-corrected chi connectivity index (χ2v) is 7.25. The van der Waals surface area contributed by atoms with Crippen molar-refractivity contribution in [1.29, 1.82) is 0 Å². The second-order valence-electron chi connectivity index (χ2n) is 7.25. The van der Waals surface area contributed by atoms with E-state index in [1.165, 1.54) is 12.8 Å². The molecule has 0 radical (unpaired) electrons. The number of nitrogens with two attached hydrogens (primary N) is 1. The topological polar surface area (TPSA) is 119 Å². The van der Waals surface area contributed by atoms with E-state index in [4.69, 9.17) is 10.5 Å². The highest BCUT2D eigenvalue weighted by atomic mass is 16.5. The van der Waals surface area contributed by atoms with E-state index in [0.29, 0.717) is 28.4 Å². The van der Waals surface area contributed by atoms with Gasteiger partial charge in [-0.1, -0.05) is 38.8 Å². The molecule has 0 aliphatic carbocycles. The molecule has 0 bridgehead atoms. The third-order valence-electron chi connectivity index (χ3n) is 4.87. The number of ether oxygens (including phenoxy) is 1. The molecule has 32 heavy (non-hydrogen) atoms. The Kier molecular flexibility index (Phi) is 7.38. The van der Waals surface area contributed by atoms with Crippen LogP contribution in [0.15, 0.2) is 48.8 Å². The number of carbonyl (C=O) groups excluding carboxylic acids is 1. The fraction of sp³-hybridized carbons (Fsp3) is 0.250. The number of fused-ring (bicyclic) bond motifs is 1. The monoisotopic (exact) mass is 432 g/mol. The summed E-state index contributed by atoms with van der Waals surface area (Å²) in [5.74, 6) is 1.42. The maximum Gasteiger partial charge on any atom is 0.248 e. The number of aryl methyl sites for hydroxylation is 1. The molecular weight excluding hydrogens is 404 g/mol. The molecule has 8 heteroatoms. The number of nitrogens with zero attached hydrogens (tertiary/aromatic N) is 3. The smallest absolute Gasteiger partial charge is 0.248 e. The molecule has 2 aromatic carbocycles. The summed E-state index contributed by atoms with van der Waals surface area (Å²) in [6.45, 7) is 6.33. The number of carbonyl (C=O) groups is 1. The number of nitrogens with one attached hydrogen (secondary N) is 2. The van der Waals surface area contributed by atoms with Crippen LogP contribution in [0.3, 0.4) is 0 Å². The minimum Gasteiger partial charge on any atom is -0.496 e. The fourth-order valence-corrected chi connectivity index (χ4v) is 2.93. The van der Waals surface area contributed by atoms with Gasteiger partial charge in [-0.2, -0.15) is 0 Å². The van der Waals surface area contributed by atoms with Gasteiger partial charge in [-0.15, -0.1) is 0 Å². The van der Waals surface area contributed by atoms with Gasteiger partial charge >= 0.3 is 0 Å². The van der Waals surface area contributed by atoms with Crippen LogP contribution < -0.4 is 15.8 Å². The first-order chi connectivity index (χ1) is 15.5. The van der Waals surface area contributed by atoms with E-state index in [-0.39, 0.29) is 0 Å². The van der Waals surface area contributed by atoms with E-state index in [1.807, 2.05) is 25.1 Å². The van der Waals surface area contributed by atoms with Crippen molar-refractivity contribution in [2.75, 3.05) is 12.4 Å². The van der Waals surface area contributed by atoms with Crippen LogP contribution >= 0.6 is 0 Å². The van der Waals surface area contributed by atoms with Crippen LogP contribution in [-0.2, 0) is 0 Å². The molecule has 0 aliphatic rings. The Balaban J connectivity index is 0.000000668. The lowest BCUT2D eigenvalue weighted by atomic mass is 10.1. The minimum atomic E-state index is -0.479. The van der Waals surface area contributed by atoms with Crippen molar-refractivity contribution in [1.82, 2.24) is 19.9 Å². The summed E-state index contributed by atoms with van der Waals surface area (Å²) in [4.78, 5) is 27.7. The van der Waals surface area contributed by atoms with Gasteiger partial charge in [0.25, 0.3) is 0 Å². The normalized spacial score (nSPS) is 10.4. The Labute approximate surface area is 187 Å². The molecule has 0 aliphatic heterocycles. The lowest BCUT2D eigenvalue weighted by molar-refractivity contribution is 0.100. The van der Waals surface area contributed by atoms with E-state index in [2.05, 4.69) is 39.1 Å². The SMILES string of the molecule is CCCC.COc1ccc(Nc2nc(-c3ccc(C(N)=O)cc3)nc3nc[nH]c23)cc1C. The van der Waals surface area contributed by atoms with E-state index in [0.717, 1.165) is 22.6 Å². The highest BCUT2D eigenvalue weighted by molar-refractivity contribution is 5.93. The van der Waals surface area contributed by atoms with E-state index in [9.17, 15) is 4.79 Å². The van der Waals surface area contributed by atoms with E-state index >= 15 is 0 Å². The van der Waals surface area contributed by atoms with Crippen LogP contribution in [0.5, 0.6) is 5.75 Å². The van der Waals surface area contributed by atoms with Crippen LogP contribution in [0.25, 0.3) is 22.6 Å². The number of hydrogen-bond donors (Lipinski definition) is 3. The van der Waals surface area contributed by atoms with Crippen molar-refractivity contribution < 1.29 is 9.53 Å². The molecule has 0 fully saturated rings. The van der Waals surface area contributed by atoms with E-state index < -0.39 is 5.91 Å². The molecule has 2 aromatic heterocycles. The summed E-state index contributed by atoms with van der Waals surface area (Å²) in [5, 5.41) is 3.31. The zero-order chi connectivity index (χ0) is 23.1. The van der Waals surface area contributed by atoms with Crippen molar-refractivity contribution in [2.45, 2.75) is 33.6 Å². The molecule has 0 saturated heterocycles. The molecule has 8 nitrogen and oxygen atoms in total. The number of primary amides is 1. The van der Waals surface area contributed by atoms with Gasteiger partial charge in [0, 0.05) is 16.8 Å².